The number of halogens is 1. The maximum absolute atomic E-state index is 13.1. The van der Waals surface area contributed by atoms with E-state index in [1.54, 1.807) is 30.3 Å². The molecule has 1 aliphatic heterocycles. The Kier molecular flexibility index (Phi) is 5.84. The predicted octanol–water partition coefficient (Wildman–Crippen LogP) is 3.25. The number of anilines is 1. The maximum atomic E-state index is 13.1. The highest BCUT2D eigenvalue weighted by molar-refractivity contribution is 7.90. The normalized spacial score (nSPS) is 15.5. The molecule has 4 rings (SSSR count). The molecule has 2 heterocycles. The van der Waals surface area contributed by atoms with Gasteiger partial charge in [-0.05, 0) is 36.8 Å². The van der Waals surface area contributed by atoms with Crippen LogP contribution in [0.15, 0.2) is 58.4 Å². The van der Waals surface area contributed by atoms with Crippen molar-refractivity contribution in [2.75, 3.05) is 11.9 Å². The lowest BCUT2D eigenvalue weighted by Crippen LogP contribution is -2.23. The van der Waals surface area contributed by atoms with E-state index in [-0.39, 0.29) is 35.4 Å². The number of aliphatic imine (C=N–C) groups is 1. The fraction of sp³-hybridized carbons (Fsp3) is 0.190. The quantitative estimate of drug-likeness (QED) is 0.592. The van der Waals surface area contributed by atoms with Gasteiger partial charge in [0.1, 0.15) is 11.7 Å². The Bertz CT molecular complexity index is 1270. The lowest BCUT2D eigenvalue weighted by molar-refractivity contribution is -0.116. The van der Waals surface area contributed by atoms with Crippen LogP contribution in [0.25, 0.3) is 0 Å². The van der Waals surface area contributed by atoms with Gasteiger partial charge in [0.2, 0.25) is 5.91 Å². The molecule has 7 nitrogen and oxygen atoms in total. The zero-order valence-electron chi connectivity index (χ0n) is 16.6. The fourth-order valence-corrected chi connectivity index (χ4v) is 5.40. The highest BCUT2D eigenvalue weighted by atomic mass is 32.2. The molecular formula is C21H19FN4O3S2. The van der Waals surface area contributed by atoms with E-state index in [9.17, 15) is 17.6 Å². The summed E-state index contributed by atoms with van der Waals surface area (Å²) >= 11 is 1.37. The Balaban J connectivity index is 1.36. The molecule has 160 valence electrons. The molecule has 31 heavy (non-hydrogen) atoms. The van der Waals surface area contributed by atoms with Gasteiger partial charge < -0.3 is 5.32 Å². The molecule has 3 aromatic rings. The van der Waals surface area contributed by atoms with Crippen LogP contribution in [-0.4, -0.2) is 31.7 Å². The Labute approximate surface area is 183 Å². The monoisotopic (exact) mass is 458 g/mol. The van der Waals surface area contributed by atoms with E-state index in [0.29, 0.717) is 17.1 Å². The largest absolute Gasteiger partial charge is 0.302 e. The second-order valence-corrected chi connectivity index (χ2v) is 9.70. The molecule has 2 aromatic carbocycles. The number of sulfonamides is 1. The van der Waals surface area contributed by atoms with Crippen molar-refractivity contribution in [1.29, 1.82) is 0 Å². The van der Waals surface area contributed by atoms with Crippen LogP contribution in [0, 0.1) is 12.7 Å². The lowest BCUT2D eigenvalue weighted by atomic mass is 10.1. The summed E-state index contributed by atoms with van der Waals surface area (Å²) in [6, 6.07) is 12.8. The van der Waals surface area contributed by atoms with Crippen molar-refractivity contribution in [3.8, 4) is 0 Å². The van der Waals surface area contributed by atoms with Gasteiger partial charge in [-0.2, -0.15) is 0 Å². The summed E-state index contributed by atoms with van der Waals surface area (Å²) in [5.74, 6) is -0.300. The summed E-state index contributed by atoms with van der Waals surface area (Å²) in [5, 5.41) is 3.24. The Morgan fingerprint density at radius 1 is 1.19 bits per heavy atom. The SMILES string of the molecule is Cc1nc(NC(=O)CCN=C2NS(=O)(=O)c3ccccc32)sc1Cc1ccc(F)cc1. The molecular weight excluding hydrogens is 439 g/mol. The molecule has 1 amide bonds. The molecule has 1 aliphatic rings. The van der Waals surface area contributed by atoms with E-state index in [1.165, 1.54) is 29.5 Å². The van der Waals surface area contributed by atoms with Crippen LogP contribution in [-0.2, 0) is 21.2 Å². The minimum Gasteiger partial charge on any atom is -0.302 e. The number of benzene rings is 2. The number of nitrogens with one attached hydrogen (secondary N) is 2. The molecule has 0 radical (unpaired) electrons. The van der Waals surface area contributed by atoms with Gasteiger partial charge >= 0.3 is 0 Å². The number of aromatic nitrogens is 1. The minimum atomic E-state index is -3.59. The lowest BCUT2D eigenvalue weighted by Gasteiger charge is -2.01. The van der Waals surface area contributed by atoms with Crippen molar-refractivity contribution in [3.05, 3.63) is 76.0 Å². The summed E-state index contributed by atoms with van der Waals surface area (Å²) < 4.78 is 39.7. The zero-order valence-corrected chi connectivity index (χ0v) is 18.2. The second-order valence-electron chi connectivity index (χ2n) is 6.96. The van der Waals surface area contributed by atoms with E-state index in [1.807, 2.05) is 6.92 Å². The van der Waals surface area contributed by atoms with E-state index < -0.39 is 10.0 Å². The number of thiazole rings is 1. The smallest absolute Gasteiger partial charge is 0.263 e. The third-order valence-corrected chi connectivity index (χ3v) is 7.16. The molecule has 0 saturated carbocycles. The van der Waals surface area contributed by atoms with Gasteiger partial charge in [-0.15, -0.1) is 11.3 Å². The minimum absolute atomic E-state index is 0.0827. The van der Waals surface area contributed by atoms with Crippen molar-refractivity contribution >= 4 is 38.2 Å². The summed E-state index contributed by atoms with van der Waals surface area (Å²) in [5.41, 5.74) is 2.27. The topological polar surface area (TPSA) is 101 Å². The number of hydrogen-bond donors (Lipinski definition) is 2. The Hall–Kier alpha value is -3.11. The number of carbonyl (C=O) groups is 1. The molecule has 10 heteroatoms. The highest BCUT2D eigenvalue weighted by Crippen LogP contribution is 2.26. The number of carbonyl (C=O) groups excluding carboxylic acids is 1. The summed E-state index contributed by atoms with van der Waals surface area (Å²) in [6.07, 6.45) is 0.687. The maximum Gasteiger partial charge on any atom is 0.263 e. The highest BCUT2D eigenvalue weighted by Gasteiger charge is 2.29. The average molecular weight is 459 g/mol. The van der Waals surface area contributed by atoms with Crippen molar-refractivity contribution in [1.82, 2.24) is 9.71 Å². The number of fused-ring (bicyclic) bond motifs is 1. The molecule has 0 bridgehead atoms. The van der Waals surface area contributed by atoms with E-state index >= 15 is 0 Å². The number of hydrogen-bond acceptors (Lipinski definition) is 6. The van der Waals surface area contributed by atoms with Crippen LogP contribution in [0.5, 0.6) is 0 Å². The van der Waals surface area contributed by atoms with Gasteiger partial charge in [-0.1, -0.05) is 24.3 Å². The molecule has 0 atom stereocenters. The number of amides is 1. The average Bonchev–Trinajstić information content (AvgIpc) is 3.20. The van der Waals surface area contributed by atoms with E-state index in [0.717, 1.165) is 16.1 Å². The third kappa shape index (κ3) is 4.80. The predicted molar refractivity (Wildman–Crippen MR) is 117 cm³/mol. The van der Waals surface area contributed by atoms with Crippen LogP contribution in [0.3, 0.4) is 0 Å². The molecule has 0 unspecified atom stereocenters. The summed E-state index contributed by atoms with van der Waals surface area (Å²) in [6.45, 7) is 1.99. The molecule has 0 spiro atoms. The molecule has 0 fully saturated rings. The van der Waals surface area contributed by atoms with Gasteiger partial charge in [-0.25, -0.2) is 17.8 Å². The van der Waals surface area contributed by atoms with Gasteiger partial charge in [0, 0.05) is 23.3 Å². The summed E-state index contributed by atoms with van der Waals surface area (Å²) in [4.78, 5) is 22.1. The standard InChI is InChI=1S/C21H19FN4O3S2/c1-13-17(12-14-6-8-15(22)9-7-14)30-21(24-13)25-19(27)10-11-23-20-16-4-2-3-5-18(16)31(28,29)26-20/h2-9H,10-12H2,1H3,(H,23,26)(H,24,25,27). The first-order valence-electron chi connectivity index (χ1n) is 9.49. The number of nitrogens with zero attached hydrogens (tertiary/aromatic N) is 2. The first-order chi connectivity index (χ1) is 14.8. The molecule has 1 aromatic heterocycles. The van der Waals surface area contributed by atoms with Crippen LogP contribution >= 0.6 is 11.3 Å². The molecule has 0 aliphatic carbocycles. The van der Waals surface area contributed by atoms with Crippen molar-refractivity contribution < 1.29 is 17.6 Å². The summed E-state index contributed by atoms with van der Waals surface area (Å²) in [7, 11) is -3.59. The fourth-order valence-electron chi connectivity index (χ4n) is 3.14. The Morgan fingerprint density at radius 2 is 1.94 bits per heavy atom. The van der Waals surface area contributed by atoms with E-state index in [4.69, 9.17) is 0 Å². The van der Waals surface area contributed by atoms with Crippen LogP contribution in [0.4, 0.5) is 9.52 Å². The van der Waals surface area contributed by atoms with Crippen molar-refractivity contribution in [2.24, 2.45) is 4.99 Å². The van der Waals surface area contributed by atoms with Gasteiger partial charge in [0.15, 0.2) is 5.13 Å². The zero-order chi connectivity index (χ0) is 22.0. The molecule has 2 N–H and O–H groups in total. The van der Waals surface area contributed by atoms with Gasteiger partial charge in [0.25, 0.3) is 10.0 Å². The number of rotatable bonds is 6. The van der Waals surface area contributed by atoms with Gasteiger partial charge in [-0.3, -0.25) is 14.5 Å². The number of amidine groups is 1. The van der Waals surface area contributed by atoms with Crippen LogP contribution in [0.2, 0.25) is 0 Å². The van der Waals surface area contributed by atoms with E-state index in [2.05, 4.69) is 20.0 Å². The Morgan fingerprint density at radius 3 is 2.71 bits per heavy atom. The first-order valence-corrected chi connectivity index (χ1v) is 11.8. The van der Waals surface area contributed by atoms with Gasteiger partial charge in [0.05, 0.1) is 17.1 Å². The second kappa shape index (κ2) is 8.56. The van der Waals surface area contributed by atoms with Crippen LogP contribution < -0.4 is 10.0 Å². The first kappa shape index (κ1) is 21.1. The van der Waals surface area contributed by atoms with Crippen LogP contribution in [0.1, 0.15) is 28.1 Å². The molecule has 0 saturated heterocycles. The number of aryl methyl sites for hydroxylation is 1. The third-order valence-electron chi connectivity index (χ3n) is 4.69. The van der Waals surface area contributed by atoms with Crippen molar-refractivity contribution in [2.45, 2.75) is 24.7 Å². The van der Waals surface area contributed by atoms with Crippen molar-refractivity contribution in [3.63, 3.8) is 0 Å².